The van der Waals surface area contributed by atoms with E-state index in [2.05, 4.69) is 57.2 Å². The monoisotopic (exact) mass is 494 g/mol. The largest absolute Gasteiger partial charge is 0.487 e. The molecule has 0 spiro atoms. The summed E-state index contributed by atoms with van der Waals surface area (Å²) in [6, 6.07) is 17.6. The van der Waals surface area contributed by atoms with Gasteiger partial charge in [-0.3, -0.25) is 4.79 Å². The lowest BCUT2D eigenvalue weighted by atomic mass is 10.0. The Morgan fingerprint density at radius 2 is 1.74 bits per heavy atom. The van der Waals surface area contributed by atoms with Crippen LogP contribution in [0.4, 0.5) is 0 Å². The first-order chi connectivity index (χ1) is 16.6. The highest BCUT2D eigenvalue weighted by molar-refractivity contribution is 6.74. The van der Waals surface area contributed by atoms with Crippen molar-refractivity contribution in [2.24, 2.45) is 0 Å². The number of ether oxygens (including phenoxy) is 1. The quantitative estimate of drug-likeness (QED) is 0.211. The SMILES string of the molecule is CCCCCNC[C@H](O[Si](C)(C)C(C)(C)C)c1ccc(OCc2ccccc2)c2[nH]c(=O)ccc12. The van der Waals surface area contributed by atoms with Gasteiger partial charge in [-0.05, 0) is 54.4 Å². The fraction of sp³-hybridized carbons (Fsp3) is 0.483. The Hall–Kier alpha value is -2.41. The van der Waals surface area contributed by atoms with Gasteiger partial charge < -0.3 is 19.5 Å². The Balaban J connectivity index is 1.95. The molecule has 0 aliphatic rings. The average molecular weight is 495 g/mol. The third kappa shape index (κ3) is 7.29. The molecule has 0 radical (unpaired) electrons. The Morgan fingerprint density at radius 1 is 1.00 bits per heavy atom. The molecule has 3 rings (SSSR count). The van der Waals surface area contributed by atoms with Crippen LogP contribution in [0.1, 0.15) is 64.2 Å². The van der Waals surface area contributed by atoms with Gasteiger partial charge in [0.1, 0.15) is 12.4 Å². The minimum absolute atomic E-state index is 0.0936. The van der Waals surface area contributed by atoms with Crippen molar-refractivity contribution in [3.05, 3.63) is 76.1 Å². The number of rotatable bonds is 12. The molecule has 6 heteroatoms. The number of H-pyrrole nitrogens is 1. The summed E-state index contributed by atoms with van der Waals surface area (Å²) < 4.78 is 13.1. The second-order valence-electron chi connectivity index (χ2n) is 10.8. The van der Waals surface area contributed by atoms with Gasteiger partial charge >= 0.3 is 0 Å². The van der Waals surface area contributed by atoms with E-state index in [1.807, 2.05) is 42.5 Å². The maximum atomic E-state index is 12.3. The third-order valence-corrected chi connectivity index (χ3v) is 11.5. The lowest BCUT2D eigenvalue weighted by molar-refractivity contribution is 0.181. The second-order valence-corrected chi connectivity index (χ2v) is 15.6. The minimum atomic E-state index is -2.04. The topological polar surface area (TPSA) is 63.4 Å². The molecule has 0 aliphatic carbocycles. The molecule has 1 heterocycles. The number of nitrogens with one attached hydrogen (secondary N) is 2. The Morgan fingerprint density at radius 3 is 2.43 bits per heavy atom. The van der Waals surface area contributed by atoms with Crippen LogP contribution in [0.15, 0.2) is 59.4 Å². The lowest BCUT2D eigenvalue weighted by Crippen LogP contribution is -2.43. The van der Waals surface area contributed by atoms with Crippen molar-refractivity contribution < 1.29 is 9.16 Å². The summed E-state index contributed by atoms with van der Waals surface area (Å²) >= 11 is 0. The molecule has 5 nitrogen and oxygen atoms in total. The summed E-state index contributed by atoms with van der Waals surface area (Å²) in [4.78, 5) is 15.3. The molecular formula is C29H42N2O3Si. The first-order valence-electron chi connectivity index (χ1n) is 12.8. The van der Waals surface area contributed by atoms with Crippen molar-refractivity contribution in [2.45, 2.75) is 77.8 Å². The number of fused-ring (bicyclic) bond motifs is 1. The van der Waals surface area contributed by atoms with E-state index in [9.17, 15) is 4.79 Å². The van der Waals surface area contributed by atoms with E-state index in [4.69, 9.17) is 9.16 Å². The van der Waals surface area contributed by atoms with Crippen LogP contribution in [0.5, 0.6) is 5.75 Å². The van der Waals surface area contributed by atoms with Crippen LogP contribution < -0.4 is 15.6 Å². The second kappa shape index (κ2) is 12.0. The van der Waals surface area contributed by atoms with Gasteiger partial charge in [-0.1, -0.05) is 76.9 Å². The molecule has 1 atom stereocenters. The van der Waals surface area contributed by atoms with E-state index in [1.54, 1.807) is 6.07 Å². The molecule has 0 bridgehead atoms. The summed E-state index contributed by atoms with van der Waals surface area (Å²) in [5, 5.41) is 4.68. The van der Waals surface area contributed by atoms with Crippen LogP contribution >= 0.6 is 0 Å². The molecule has 0 saturated heterocycles. The van der Waals surface area contributed by atoms with Crippen LogP contribution in [0.3, 0.4) is 0 Å². The molecule has 0 aliphatic heterocycles. The first-order valence-corrected chi connectivity index (χ1v) is 15.7. The molecule has 2 aromatic carbocycles. The molecule has 190 valence electrons. The number of aromatic nitrogens is 1. The molecule has 35 heavy (non-hydrogen) atoms. The zero-order valence-electron chi connectivity index (χ0n) is 22.2. The maximum Gasteiger partial charge on any atom is 0.248 e. The van der Waals surface area contributed by atoms with E-state index in [1.165, 1.54) is 12.8 Å². The van der Waals surface area contributed by atoms with E-state index in [0.29, 0.717) is 12.4 Å². The molecule has 0 saturated carbocycles. The van der Waals surface area contributed by atoms with Crippen LogP contribution in [0, 0.1) is 0 Å². The van der Waals surface area contributed by atoms with E-state index >= 15 is 0 Å². The normalized spacial score (nSPS) is 13.2. The van der Waals surface area contributed by atoms with Gasteiger partial charge in [0.05, 0.1) is 11.6 Å². The van der Waals surface area contributed by atoms with Gasteiger partial charge in [-0.15, -0.1) is 0 Å². The summed E-state index contributed by atoms with van der Waals surface area (Å²) in [7, 11) is -2.04. The minimum Gasteiger partial charge on any atom is -0.487 e. The van der Waals surface area contributed by atoms with Gasteiger partial charge in [-0.2, -0.15) is 0 Å². The highest BCUT2D eigenvalue weighted by Crippen LogP contribution is 2.41. The Labute approximate surface area is 211 Å². The smallest absolute Gasteiger partial charge is 0.248 e. The van der Waals surface area contributed by atoms with Crippen molar-refractivity contribution in [1.29, 1.82) is 0 Å². The van der Waals surface area contributed by atoms with Crippen LogP contribution in [0.25, 0.3) is 10.9 Å². The Kier molecular flexibility index (Phi) is 9.33. The lowest BCUT2D eigenvalue weighted by Gasteiger charge is -2.39. The average Bonchev–Trinajstić information content (AvgIpc) is 2.81. The number of aromatic amines is 1. The van der Waals surface area contributed by atoms with Crippen molar-refractivity contribution in [3.8, 4) is 5.75 Å². The summed E-state index contributed by atoms with van der Waals surface area (Å²) in [6.45, 7) is 15.7. The van der Waals surface area contributed by atoms with Gasteiger partial charge in [-0.25, -0.2) is 0 Å². The van der Waals surface area contributed by atoms with Crippen LogP contribution in [0.2, 0.25) is 18.1 Å². The highest BCUT2D eigenvalue weighted by Gasteiger charge is 2.39. The number of hydrogen-bond donors (Lipinski definition) is 2. The van der Waals surface area contributed by atoms with Gasteiger partial charge in [0.2, 0.25) is 5.56 Å². The molecule has 0 unspecified atom stereocenters. The maximum absolute atomic E-state index is 12.3. The molecule has 0 fully saturated rings. The van der Waals surface area contributed by atoms with Crippen molar-refractivity contribution in [3.63, 3.8) is 0 Å². The first kappa shape index (κ1) is 27.2. The third-order valence-electron chi connectivity index (χ3n) is 7.00. The van der Waals surface area contributed by atoms with Crippen molar-refractivity contribution >= 4 is 19.2 Å². The standard InChI is InChI=1S/C29H42N2O3Si/c1-7-8-12-19-30-20-26(34-35(5,6)29(2,3)4)23-15-17-25(28-24(23)16-18-27(32)31-28)33-21-22-13-10-9-11-14-22/h9-11,13-18,26,30H,7-8,12,19-21H2,1-6H3,(H,31,32)/t26-/m0/s1. The Bertz CT molecular complexity index is 1140. The van der Waals surface area contributed by atoms with Gasteiger partial charge in [0.15, 0.2) is 8.32 Å². The summed E-state index contributed by atoms with van der Waals surface area (Å²) in [5.74, 6) is 0.673. The van der Waals surface area contributed by atoms with Crippen molar-refractivity contribution in [2.75, 3.05) is 13.1 Å². The zero-order chi connectivity index (χ0) is 25.5. The number of pyridine rings is 1. The molecule has 3 aromatic rings. The fourth-order valence-corrected chi connectivity index (χ4v) is 5.14. The predicted molar refractivity (Wildman–Crippen MR) is 149 cm³/mol. The molecular weight excluding hydrogens is 452 g/mol. The number of hydrogen-bond acceptors (Lipinski definition) is 4. The summed E-state index contributed by atoms with van der Waals surface area (Å²) in [6.07, 6.45) is 3.46. The molecule has 2 N–H and O–H groups in total. The molecule has 0 amide bonds. The van der Waals surface area contributed by atoms with Gasteiger partial charge in [0, 0.05) is 18.0 Å². The number of benzene rings is 2. The van der Waals surface area contributed by atoms with Crippen LogP contribution in [-0.4, -0.2) is 26.4 Å². The number of unbranched alkanes of at least 4 members (excludes halogenated alkanes) is 2. The van der Waals surface area contributed by atoms with E-state index in [-0.39, 0.29) is 16.7 Å². The van der Waals surface area contributed by atoms with E-state index in [0.717, 1.165) is 41.5 Å². The zero-order valence-corrected chi connectivity index (χ0v) is 23.2. The highest BCUT2D eigenvalue weighted by atomic mass is 28.4. The van der Waals surface area contributed by atoms with Crippen molar-refractivity contribution in [1.82, 2.24) is 10.3 Å². The van der Waals surface area contributed by atoms with Crippen LogP contribution in [-0.2, 0) is 11.0 Å². The van der Waals surface area contributed by atoms with Gasteiger partial charge in [0.25, 0.3) is 0 Å². The molecule has 1 aromatic heterocycles. The fourth-order valence-electron chi connectivity index (χ4n) is 3.87. The summed E-state index contributed by atoms with van der Waals surface area (Å²) in [5.41, 5.74) is 2.74. The predicted octanol–water partition coefficient (Wildman–Crippen LogP) is 6.95. The van der Waals surface area contributed by atoms with E-state index < -0.39 is 8.32 Å².